The van der Waals surface area contributed by atoms with Gasteiger partial charge in [0.05, 0.1) is 26.4 Å². The minimum Gasteiger partial charge on any atom is -0.378 e. The number of halogens is 3. The van der Waals surface area contributed by atoms with Crippen LogP contribution in [0.3, 0.4) is 0 Å². The molecule has 0 aliphatic carbocycles. The van der Waals surface area contributed by atoms with Gasteiger partial charge >= 0.3 is 0 Å². The molecule has 5 aromatic rings. The highest BCUT2D eigenvalue weighted by Crippen LogP contribution is 2.52. The SMILES string of the molecule is CCCCN1C(=S)c2ccc3c4c(N5CCOCC5)cc5c6c(cc(N7CCOCC7)c(c7ccc(c2c37)C1=S)c64)C(=S)N(CCCC)C5=S.ClC(Cl)Cl. The van der Waals surface area contributed by atoms with Crippen molar-refractivity contribution in [3.63, 3.8) is 0 Å². The lowest BCUT2D eigenvalue weighted by Gasteiger charge is -2.38. The van der Waals surface area contributed by atoms with Gasteiger partial charge in [-0.05, 0) is 41.1 Å². The maximum absolute atomic E-state index is 6.37. The highest BCUT2D eigenvalue weighted by atomic mass is 35.6. The van der Waals surface area contributed by atoms with E-state index in [1.54, 1.807) is 0 Å². The largest absolute Gasteiger partial charge is 0.378 e. The maximum Gasteiger partial charge on any atom is 0.180 e. The average molecular weight is 856 g/mol. The Bertz CT molecular complexity index is 2200. The topological polar surface area (TPSA) is 31.4 Å². The van der Waals surface area contributed by atoms with Crippen LogP contribution in [0.2, 0.25) is 0 Å². The monoisotopic (exact) mass is 854 g/mol. The van der Waals surface area contributed by atoms with Crippen molar-refractivity contribution in [2.75, 3.05) is 75.5 Å². The van der Waals surface area contributed by atoms with Crippen LogP contribution in [0.5, 0.6) is 0 Å². The number of unbranched alkanes of at least 4 members (excludes halogenated alkanes) is 2. The number of alkyl halides is 3. The van der Waals surface area contributed by atoms with Crippen LogP contribution in [0.25, 0.3) is 43.1 Å². The van der Waals surface area contributed by atoms with E-state index >= 15 is 0 Å². The summed E-state index contributed by atoms with van der Waals surface area (Å²) >= 11 is 39.6. The smallest absolute Gasteiger partial charge is 0.180 e. The summed E-state index contributed by atoms with van der Waals surface area (Å²) in [7, 11) is 0. The summed E-state index contributed by atoms with van der Waals surface area (Å²) in [6.07, 6.45) is 4.24. The van der Waals surface area contributed by atoms with Crippen molar-refractivity contribution < 1.29 is 9.47 Å². The standard InChI is InChI=1S/C40H40N4O2S4.CHCl3/c1-3-5-11-43-37(47)25-9-7-23-31-24(8-10-26(32(25)31)38(43)48)35-30(42-15-19-46-20-16-42)22-28-33-27(39(49)44(40(28)50)12-6-4-2)21-29(34(23)36(33)35)41-13-17-45-18-14-41;2-1(3)4/h7-10,21-22H,3-6,11-20H2,1-2H3;1H. The summed E-state index contributed by atoms with van der Waals surface area (Å²) in [5.74, 6) is 0. The number of anilines is 2. The molecular formula is C41H41Cl3N4O2S4. The van der Waals surface area contributed by atoms with Crippen LogP contribution in [0, 0.1) is 0 Å². The van der Waals surface area contributed by atoms with E-state index in [2.05, 4.69) is 69.8 Å². The zero-order valence-electron chi connectivity index (χ0n) is 30.3. The van der Waals surface area contributed by atoms with Crippen LogP contribution in [0.1, 0.15) is 61.8 Å². The maximum atomic E-state index is 6.37. The van der Waals surface area contributed by atoms with E-state index in [1.165, 1.54) is 54.5 Å². The fourth-order valence-electron chi connectivity index (χ4n) is 8.67. The van der Waals surface area contributed by atoms with Gasteiger partial charge in [-0.2, -0.15) is 0 Å². The zero-order valence-corrected chi connectivity index (χ0v) is 35.8. The summed E-state index contributed by atoms with van der Waals surface area (Å²) in [4.78, 5) is 12.7. The first-order valence-corrected chi connectivity index (χ1v) is 21.7. The molecule has 13 heteroatoms. The normalized spacial score (nSPS) is 17.6. The third-order valence-corrected chi connectivity index (χ3v) is 12.9. The lowest BCUT2D eigenvalue weighted by molar-refractivity contribution is 0.123. The van der Waals surface area contributed by atoms with E-state index in [1.807, 2.05) is 0 Å². The number of ether oxygens (including phenoxy) is 2. The quantitative estimate of drug-likeness (QED) is 0.0651. The summed E-state index contributed by atoms with van der Waals surface area (Å²) < 4.78 is 11.0. The van der Waals surface area contributed by atoms with Gasteiger partial charge in [0.1, 0.15) is 20.0 Å². The Morgan fingerprint density at radius 1 is 0.537 bits per heavy atom. The van der Waals surface area contributed by atoms with Crippen molar-refractivity contribution >= 4 is 158 Å². The van der Waals surface area contributed by atoms with Crippen LogP contribution < -0.4 is 9.80 Å². The molecule has 0 radical (unpaired) electrons. The Morgan fingerprint density at radius 2 is 0.907 bits per heavy atom. The second kappa shape index (κ2) is 15.9. The van der Waals surface area contributed by atoms with E-state index in [4.69, 9.17) is 93.1 Å². The number of fused-ring (bicyclic) bond motifs is 2. The van der Waals surface area contributed by atoms with Crippen molar-refractivity contribution in [2.24, 2.45) is 0 Å². The molecule has 4 aliphatic rings. The predicted molar refractivity (Wildman–Crippen MR) is 245 cm³/mol. The Morgan fingerprint density at radius 3 is 1.30 bits per heavy atom. The summed E-state index contributed by atoms with van der Waals surface area (Å²) in [6, 6.07) is 13.9. The summed E-state index contributed by atoms with van der Waals surface area (Å²) in [6.45, 7) is 12.2. The molecule has 5 aromatic carbocycles. The van der Waals surface area contributed by atoms with Crippen LogP contribution in [-0.4, -0.2) is 99.7 Å². The molecule has 0 amide bonds. The highest BCUT2D eigenvalue weighted by molar-refractivity contribution is 7.83. The summed E-state index contributed by atoms with van der Waals surface area (Å²) in [5, 5.41) is 9.82. The number of rotatable bonds is 8. The van der Waals surface area contributed by atoms with Crippen molar-refractivity contribution in [3.8, 4) is 0 Å². The molecule has 282 valence electrons. The van der Waals surface area contributed by atoms with Crippen LogP contribution in [0.15, 0.2) is 36.4 Å². The molecule has 0 unspecified atom stereocenters. The Labute approximate surface area is 352 Å². The zero-order chi connectivity index (χ0) is 37.8. The number of morpholine rings is 2. The second-order valence-electron chi connectivity index (χ2n) is 14.1. The molecule has 6 nitrogen and oxygen atoms in total. The molecule has 9 rings (SSSR count). The lowest BCUT2D eigenvalue weighted by atomic mass is 9.81. The van der Waals surface area contributed by atoms with Crippen LogP contribution >= 0.6 is 83.7 Å². The second-order valence-corrected chi connectivity index (χ2v) is 17.7. The fraction of sp³-hybridized carbons (Fsp3) is 0.415. The summed E-state index contributed by atoms with van der Waals surface area (Å²) in [5.41, 5.74) is 6.85. The third kappa shape index (κ3) is 6.42. The number of benzene rings is 5. The van der Waals surface area contributed by atoms with Gasteiger partial charge in [-0.25, -0.2) is 0 Å². The molecular weight excluding hydrogens is 815 g/mol. The van der Waals surface area contributed by atoms with Gasteiger partial charge in [0.15, 0.2) is 4.30 Å². The van der Waals surface area contributed by atoms with Gasteiger partial charge in [0.2, 0.25) is 0 Å². The van der Waals surface area contributed by atoms with Crippen LogP contribution in [0.4, 0.5) is 11.4 Å². The Kier molecular flexibility index (Phi) is 11.4. The van der Waals surface area contributed by atoms with E-state index in [9.17, 15) is 0 Å². The van der Waals surface area contributed by atoms with Gasteiger partial charge in [-0.1, -0.05) is 135 Å². The predicted octanol–water partition coefficient (Wildman–Crippen LogP) is 10.3. The third-order valence-electron chi connectivity index (χ3n) is 11.1. The van der Waals surface area contributed by atoms with Gasteiger partial charge in [0, 0.05) is 99.8 Å². The molecule has 0 aromatic heterocycles. The molecule has 0 atom stereocenters. The number of hydrogen-bond donors (Lipinski definition) is 0. The molecule has 2 fully saturated rings. The van der Waals surface area contributed by atoms with Crippen molar-refractivity contribution in [1.82, 2.24) is 9.80 Å². The number of nitrogens with zero attached hydrogens (tertiary/aromatic N) is 4. The first kappa shape index (κ1) is 38.6. The van der Waals surface area contributed by atoms with E-state index < -0.39 is 4.30 Å². The van der Waals surface area contributed by atoms with Gasteiger partial charge < -0.3 is 29.1 Å². The fourth-order valence-corrected chi connectivity index (χ4v) is 10.2. The first-order chi connectivity index (χ1) is 26.2. The molecule has 0 spiro atoms. The van der Waals surface area contributed by atoms with Crippen LogP contribution in [-0.2, 0) is 9.47 Å². The Hall–Kier alpha value is -2.25. The minimum absolute atomic E-state index is 0.696. The molecule has 4 heterocycles. The molecule has 0 bridgehead atoms. The highest BCUT2D eigenvalue weighted by Gasteiger charge is 2.36. The van der Waals surface area contributed by atoms with Gasteiger partial charge in [0.25, 0.3) is 0 Å². The van der Waals surface area contributed by atoms with Crippen molar-refractivity contribution in [2.45, 2.75) is 43.8 Å². The molecule has 4 aliphatic heterocycles. The van der Waals surface area contributed by atoms with Gasteiger partial charge in [-0.3, -0.25) is 0 Å². The Balaban J connectivity index is 0.000000987. The first-order valence-electron chi connectivity index (χ1n) is 18.8. The lowest BCUT2D eigenvalue weighted by Crippen LogP contribution is -2.41. The van der Waals surface area contributed by atoms with Crippen molar-refractivity contribution in [3.05, 3.63) is 58.7 Å². The van der Waals surface area contributed by atoms with E-state index in [0.717, 1.165) is 107 Å². The average Bonchev–Trinajstić information content (AvgIpc) is 3.18. The molecule has 0 N–H and O–H groups in total. The van der Waals surface area contributed by atoms with Gasteiger partial charge in [-0.15, -0.1) is 0 Å². The van der Waals surface area contributed by atoms with E-state index in [-0.39, 0.29) is 0 Å². The number of hydrogen-bond acceptors (Lipinski definition) is 8. The van der Waals surface area contributed by atoms with Crippen molar-refractivity contribution in [1.29, 1.82) is 0 Å². The molecule has 0 saturated carbocycles. The number of thiocarbonyl (C=S) groups is 4. The molecule has 2 saturated heterocycles. The molecule has 54 heavy (non-hydrogen) atoms. The van der Waals surface area contributed by atoms with E-state index in [0.29, 0.717) is 26.4 Å². The minimum atomic E-state index is -0.750.